The Bertz CT molecular complexity index is 488. The Hall–Kier alpha value is -1.75. The average Bonchev–Trinajstić information content (AvgIpc) is 2.30. The highest BCUT2D eigenvalue weighted by molar-refractivity contribution is 6.33. The Labute approximate surface area is 116 Å². The molecule has 5 nitrogen and oxygen atoms in total. The van der Waals surface area contributed by atoms with Gasteiger partial charge in [0.25, 0.3) is 5.91 Å². The summed E-state index contributed by atoms with van der Waals surface area (Å²) in [6, 6.07) is 4.25. The Balaban J connectivity index is 2.80. The van der Waals surface area contributed by atoms with Crippen molar-refractivity contribution in [2.75, 3.05) is 0 Å². The van der Waals surface area contributed by atoms with E-state index in [9.17, 15) is 9.59 Å². The quantitative estimate of drug-likeness (QED) is 0.870. The van der Waals surface area contributed by atoms with E-state index in [0.717, 1.165) is 0 Å². The average molecular weight is 286 g/mol. The first-order valence-corrected chi connectivity index (χ1v) is 6.19. The van der Waals surface area contributed by atoms with Crippen LogP contribution in [-0.4, -0.2) is 29.1 Å². The van der Waals surface area contributed by atoms with E-state index in [0.29, 0.717) is 0 Å². The van der Waals surface area contributed by atoms with Crippen LogP contribution in [0.4, 0.5) is 0 Å². The lowest BCUT2D eigenvalue weighted by molar-refractivity contribution is -0.127. The highest BCUT2D eigenvalue weighted by atomic mass is 35.5. The Morgan fingerprint density at radius 1 is 1.32 bits per heavy atom. The Morgan fingerprint density at radius 3 is 2.47 bits per heavy atom. The summed E-state index contributed by atoms with van der Waals surface area (Å²) in [5.41, 5.74) is -0.0596. The number of nitrogens with one attached hydrogen (secondary N) is 1. The van der Waals surface area contributed by atoms with Crippen molar-refractivity contribution in [1.29, 1.82) is 0 Å². The van der Waals surface area contributed by atoms with Crippen LogP contribution >= 0.6 is 11.6 Å². The number of hydrogen-bond donors (Lipinski definition) is 2. The molecule has 1 aromatic carbocycles. The monoisotopic (exact) mass is 285 g/mol. The second-order valence-electron chi connectivity index (χ2n) is 4.37. The van der Waals surface area contributed by atoms with Crippen molar-refractivity contribution in [3.05, 3.63) is 28.8 Å². The van der Waals surface area contributed by atoms with Crippen LogP contribution in [0.3, 0.4) is 0 Å². The zero-order chi connectivity index (χ0) is 14.6. The highest BCUT2D eigenvalue weighted by Crippen LogP contribution is 2.22. The summed E-state index contributed by atoms with van der Waals surface area (Å²) in [5.74, 6) is -1.12. The van der Waals surface area contributed by atoms with Gasteiger partial charge in [-0.2, -0.15) is 0 Å². The number of amides is 1. The maximum absolute atomic E-state index is 11.7. The summed E-state index contributed by atoms with van der Waals surface area (Å²) in [6.45, 7) is 5.28. The second-order valence-corrected chi connectivity index (χ2v) is 4.78. The van der Waals surface area contributed by atoms with E-state index in [1.165, 1.54) is 18.2 Å². The molecule has 1 rings (SSSR count). The molecule has 0 saturated heterocycles. The van der Waals surface area contributed by atoms with Gasteiger partial charge in [-0.25, -0.2) is 4.79 Å². The third-order valence-electron chi connectivity index (χ3n) is 2.28. The summed E-state index contributed by atoms with van der Waals surface area (Å²) in [7, 11) is 0. The molecule has 0 aliphatic rings. The van der Waals surface area contributed by atoms with Gasteiger partial charge in [0.05, 0.1) is 10.6 Å². The number of carbonyl (C=O) groups excluding carboxylic acids is 1. The van der Waals surface area contributed by atoms with Gasteiger partial charge in [0.2, 0.25) is 0 Å². The molecular formula is C13H16ClNO4. The standard InChI is InChI=1S/C13H16ClNO4/c1-7(2)15-12(16)8(3)19-9-4-5-11(14)10(6-9)13(17)18/h4-8H,1-3H3,(H,15,16)(H,17,18). The predicted octanol–water partition coefficient (Wildman–Crippen LogP) is 2.33. The minimum Gasteiger partial charge on any atom is -0.481 e. The highest BCUT2D eigenvalue weighted by Gasteiger charge is 2.17. The largest absolute Gasteiger partial charge is 0.481 e. The predicted molar refractivity (Wildman–Crippen MR) is 71.8 cm³/mol. The van der Waals surface area contributed by atoms with Crippen LogP contribution < -0.4 is 10.1 Å². The fraction of sp³-hybridized carbons (Fsp3) is 0.385. The molecule has 0 fully saturated rings. The van der Waals surface area contributed by atoms with Crippen LogP contribution in [-0.2, 0) is 4.79 Å². The fourth-order valence-electron chi connectivity index (χ4n) is 1.40. The van der Waals surface area contributed by atoms with Gasteiger partial charge in [-0.15, -0.1) is 0 Å². The maximum atomic E-state index is 11.7. The van der Waals surface area contributed by atoms with Crippen molar-refractivity contribution in [2.45, 2.75) is 32.9 Å². The van der Waals surface area contributed by atoms with Gasteiger partial charge in [-0.1, -0.05) is 11.6 Å². The van der Waals surface area contributed by atoms with Gasteiger partial charge >= 0.3 is 5.97 Å². The van der Waals surface area contributed by atoms with E-state index in [1.807, 2.05) is 13.8 Å². The minimum atomic E-state index is -1.14. The van der Waals surface area contributed by atoms with E-state index in [4.69, 9.17) is 21.4 Å². The van der Waals surface area contributed by atoms with Crippen molar-refractivity contribution in [2.24, 2.45) is 0 Å². The van der Waals surface area contributed by atoms with Crippen molar-refractivity contribution >= 4 is 23.5 Å². The molecule has 1 aromatic rings. The van der Waals surface area contributed by atoms with Gasteiger partial charge in [0, 0.05) is 6.04 Å². The lowest BCUT2D eigenvalue weighted by atomic mass is 10.2. The third kappa shape index (κ3) is 4.44. The van der Waals surface area contributed by atoms with Crippen LogP contribution in [0.5, 0.6) is 5.75 Å². The molecule has 19 heavy (non-hydrogen) atoms. The molecule has 0 saturated carbocycles. The maximum Gasteiger partial charge on any atom is 0.337 e. The van der Waals surface area contributed by atoms with E-state index >= 15 is 0 Å². The molecule has 0 spiro atoms. The number of carboxylic acid groups (broad SMARTS) is 1. The first-order chi connectivity index (χ1) is 8.81. The van der Waals surface area contributed by atoms with Crippen molar-refractivity contribution in [3.8, 4) is 5.75 Å². The van der Waals surface area contributed by atoms with E-state index in [1.54, 1.807) is 6.92 Å². The lowest BCUT2D eigenvalue weighted by Gasteiger charge is -2.16. The Morgan fingerprint density at radius 2 is 1.95 bits per heavy atom. The topological polar surface area (TPSA) is 75.6 Å². The zero-order valence-electron chi connectivity index (χ0n) is 10.9. The zero-order valence-corrected chi connectivity index (χ0v) is 11.7. The molecule has 0 bridgehead atoms. The molecule has 6 heteroatoms. The van der Waals surface area contributed by atoms with Crippen LogP contribution in [0.2, 0.25) is 5.02 Å². The smallest absolute Gasteiger partial charge is 0.337 e. The number of rotatable bonds is 5. The van der Waals surface area contributed by atoms with Gasteiger partial charge in [0.15, 0.2) is 6.10 Å². The molecule has 0 heterocycles. The van der Waals surface area contributed by atoms with Crippen LogP contribution in [0.1, 0.15) is 31.1 Å². The molecule has 1 atom stereocenters. The number of halogens is 1. The molecule has 0 aliphatic heterocycles. The fourth-order valence-corrected chi connectivity index (χ4v) is 1.60. The summed E-state index contributed by atoms with van der Waals surface area (Å²) in [5, 5.41) is 11.8. The molecular weight excluding hydrogens is 270 g/mol. The second kappa shape index (κ2) is 6.43. The van der Waals surface area contributed by atoms with Gasteiger partial charge in [0.1, 0.15) is 5.75 Å². The molecule has 0 aliphatic carbocycles. The summed E-state index contributed by atoms with van der Waals surface area (Å²) >= 11 is 5.74. The van der Waals surface area contributed by atoms with Crippen molar-refractivity contribution in [1.82, 2.24) is 5.32 Å². The summed E-state index contributed by atoms with van der Waals surface area (Å²) < 4.78 is 5.39. The molecule has 0 radical (unpaired) electrons. The summed E-state index contributed by atoms with van der Waals surface area (Å²) in [6.07, 6.45) is -0.717. The number of carbonyl (C=O) groups is 2. The minimum absolute atomic E-state index is 0.0124. The molecule has 2 N–H and O–H groups in total. The van der Waals surface area contributed by atoms with Crippen LogP contribution in [0.15, 0.2) is 18.2 Å². The van der Waals surface area contributed by atoms with Gasteiger partial charge in [-0.05, 0) is 39.0 Å². The van der Waals surface area contributed by atoms with Gasteiger partial charge < -0.3 is 15.2 Å². The lowest BCUT2D eigenvalue weighted by Crippen LogP contribution is -2.40. The van der Waals surface area contributed by atoms with Gasteiger partial charge in [-0.3, -0.25) is 4.79 Å². The molecule has 104 valence electrons. The number of carboxylic acids is 1. The Kier molecular flexibility index (Phi) is 5.18. The van der Waals surface area contributed by atoms with Crippen molar-refractivity contribution in [3.63, 3.8) is 0 Å². The van der Waals surface area contributed by atoms with E-state index in [-0.39, 0.29) is 28.3 Å². The molecule has 1 unspecified atom stereocenters. The number of aromatic carboxylic acids is 1. The number of hydrogen-bond acceptors (Lipinski definition) is 3. The molecule has 1 amide bonds. The first-order valence-electron chi connectivity index (χ1n) is 5.81. The van der Waals surface area contributed by atoms with E-state index < -0.39 is 12.1 Å². The summed E-state index contributed by atoms with van der Waals surface area (Å²) in [4.78, 5) is 22.6. The van der Waals surface area contributed by atoms with Crippen molar-refractivity contribution < 1.29 is 19.4 Å². The SMILES string of the molecule is CC(C)NC(=O)C(C)Oc1ccc(Cl)c(C(=O)O)c1. The third-order valence-corrected chi connectivity index (χ3v) is 2.61. The van der Waals surface area contributed by atoms with Crippen LogP contribution in [0, 0.1) is 0 Å². The first kappa shape index (κ1) is 15.3. The number of benzene rings is 1. The van der Waals surface area contributed by atoms with Crippen LogP contribution in [0.25, 0.3) is 0 Å². The number of ether oxygens (including phenoxy) is 1. The molecule has 0 aromatic heterocycles. The normalized spacial score (nSPS) is 12.1. The van der Waals surface area contributed by atoms with E-state index in [2.05, 4.69) is 5.32 Å².